The lowest BCUT2D eigenvalue weighted by molar-refractivity contribution is -0.120. The van der Waals surface area contributed by atoms with E-state index in [1.54, 1.807) is 0 Å². The number of rotatable bonds is 3. The minimum atomic E-state index is 0.0494. The highest BCUT2D eigenvalue weighted by Gasteiger charge is 2.32. The molecule has 1 amide bonds. The second kappa shape index (κ2) is 5.72. The largest absolute Gasteiger partial charge is 0.330 e. The zero-order chi connectivity index (χ0) is 13.1. The van der Waals surface area contributed by atoms with Gasteiger partial charge in [-0.2, -0.15) is 0 Å². The first-order valence-corrected chi connectivity index (χ1v) is 6.77. The van der Waals surface area contributed by atoms with Gasteiger partial charge in [-0.25, -0.2) is 0 Å². The van der Waals surface area contributed by atoms with Crippen LogP contribution in [0.3, 0.4) is 0 Å². The van der Waals surface area contributed by atoms with Crippen molar-refractivity contribution < 1.29 is 4.79 Å². The zero-order valence-corrected chi connectivity index (χ0v) is 11.3. The number of hydrogen-bond donors (Lipinski definition) is 2. The fourth-order valence-corrected chi connectivity index (χ4v) is 2.81. The van der Waals surface area contributed by atoms with Crippen molar-refractivity contribution in [3.8, 4) is 0 Å². The summed E-state index contributed by atoms with van der Waals surface area (Å²) in [5.74, 6) is 0.450. The van der Waals surface area contributed by atoms with Gasteiger partial charge in [0.1, 0.15) is 0 Å². The first kappa shape index (κ1) is 13.4. The van der Waals surface area contributed by atoms with Crippen LogP contribution in [0.1, 0.15) is 24.8 Å². The highest BCUT2D eigenvalue weighted by atomic mass is 35.5. The van der Waals surface area contributed by atoms with Gasteiger partial charge < -0.3 is 11.1 Å². The van der Waals surface area contributed by atoms with Gasteiger partial charge in [-0.05, 0) is 49.9 Å². The van der Waals surface area contributed by atoms with Crippen LogP contribution in [0.15, 0.2) is 18.2 Å². The summed E-state index contributed by atoms with van der Waals surface area (Å²) in [7, 11) is 0. The first-order chi connectivity index (χ1) is 8.63. The van der Waals surface area contributed by atoms with Crippen molar-refractivity contribution in [2.24, 2.45) is 17.6 Å². The molecule has 2 unspecified atom stereocenters. The summed E-state index contributed by atoms with van der Waals surface area (Å²) in [5, 5.41) is 3.65. The minimum Gasteiger partial charge on any atom is -0.330 e. The van der Waals surface area contributed by atoms with Crippen molar-refractivity contribution >= 4 is 23.2 Å². The van der Waals surface area contributed by atoms with Gasteiger partial charge in [0.2, 0.25) is 5.91 Å². The molecule has 1 aliphatic carbocycles. The van der Waals surface area contributed by atoms with Gasteiger partial charge in [0.25, 0.3) is 0 Å². The molecule has 1 aromatic rings. The summed E-state index contributed by atoms with van der Waals surface area (Å²) in [6.07, 6.45) is 3.09. The maximum Gasteiger partial charge on any atom is 0.227 e. The van der Waals surface area contributed by atoms with E-state index in [0.717, 1.165) is 30.5 Å². The molecule has 1 fully saturated rings. The van der Waals surface area contributed by atoms with E-state index < -0.39 is 0 Å². The molecule has 1 aromatic carbocycles. The molecule has 3 N–H and O–H groups in total. The summed E-state index contributed by atoms with van der Waals surface area (Å²) in [5.41, 5.74) is 7.42. The number of nitrogens with two attached hydrogens (primary N) is 1. The molecule has 1 aliphatic rings. The third-order valence-electron chi connectivity index (χ3n) is 3.82. The Balaban J connectivity index is 2.09. The SMILES string of the molecule is Cc1c(Cl)cccc1NC(=O)C1CCCC1CN. The van der Waals surface area contributed by atoms with Gasteiger partial charge in [-0.1, -0.05) is 24.1 Å². The summed E-state index contributed by atoms with van der Waals surface area (Å²) >= 11 is 6.04. The van der Waals surface area contributed by atoms with E-state index in [0.29, 0.717) is 17.5 Å². The molecule has 0 saturated heterocycles. The van der Waals surface area contributed by atoms with Crippen molar-refractivity contribution in [2.45, 2.75) is 26.2 Å². The number of carbonyl (C=O) groups is 1. The van der Waals surface area contributed by atoms with E-state index in [-0.39, 0.29) is 11.8 Å². The highest BCUT2D eigenvalue weighted by Crippen LogP contribution is 2.32. The molecule has 98 valence electrons. The van der Waals surface area contributed by atoms with E-state index in [9.17, 15) is 4.79 Å². The van der Waals surface area contributed by atoms with Crippen molar-refractivity contribution in [3.63, 3.8) is 0 Å². The van der Waals surface area contributed by atoms with E-state index in [4.69, 9.17) is 17.3 Å². The third-order valence-corrected chi connectivity index (χ3v) is 4.23. The van der Waals surface area contributed by atoms with Gasteiger partial charge in [0, 0.05) is 16.6 Å². The minimum absolute atomic E-state index is 0.0494. The van der Waals surface area contributed by atoms with E-state index >= 15 is 0 Å². The number of nitrogens with one attached hydrogen (secondary N) is 1. The van der Waals surface area contributed by atoms with Crippen molar-refractivity contribution in [2.75, 3.05) is 11.9 Å². The van der Waals surface area contributed by atoms with Crippen LogP contribution < -0.4 is 11.1 Å². The molecule has 0 aliphatic heterocycles. The lowest BCUT2D eigenvalue weighted by Crippen LogP contribution is -2.29. The Morgan fingerprint density at radius 1 is 1.50 bits per heavy atom. The Hall–Kier alpha value is -1.06. The summed E-state index contributed by atoms with van der Waals surface area (Å²) < 4.78 is 0. The highest BCUT2D eigenvalue weighted by molar-refractivity contribution is 6.31. The number of anilines is 1. The molecular formula is C14H19ClN2O. The maximum absolute atomic E-state index is 12.2. The second-order valence-corrected chi connectivity index (χ2v) is 5.34. The Morgan fingerprint density at radius 3 is 3.00 bits per heavy atom. The molecule has 18 heavy (non-hydrogen) atoms. The molecule has 0 spiro atoms. The van der Waals surface area contributed by atoms with Crippen LogP contribution in [0.5, 0.6) is 0 Å². The number of amides is 1. The van der Waals surface area contributed by atoms with Crippen LogP contribution in [0.2, 0.25) is 5.02 Å². The van der Waals surface area contributed by atoms with Gasteiger partial charge in [0.05, 0.1) is 0 Å². The molecular weight excluding hydrogens is 248 g/mol. The Kier molecular flexibility index (Phi) is 4.25. The molecule has 2 rings (SSSR count). The van der Waals surface area contributed by atoms with Crippen molar-refractivity contribution in [1.82, 2.24) is 0 Å². The Morgan fingerprint density at radius 2 is 2.28 bits per heavy atom. The van der Waals surface area contributed by atoms with Gasteiger partial charge in [-0.15, -0.1) is 0 Å². The standard InChI is InChI=1S/C14H19ClN2O/c1-9-12(15)6-3-7-13(9)17-14(18)11-5-2-4-10(11)8-16/h3,6-7,10-11H,2,4-5,8,16H2,1H3,(H,17,18). The smallest absolute Gasteiger partial charge is 0.227 e. The first-order valence-electron chi connectivity index (χ1n) is 6.39. The molecule has 0 bridgehead atoms. The van der Waals surface area contributed by atoms with Crippen LogP contribution in [0.25, 0.3) is 0 Å². The van der Waals surface area contributed by atoms with Crippen LogP contribution in [0.4, 0.5) is 5.69 Å². The molecule has 0 radical (unpaired) electrons. The monoisotopic (exact) mass is 266 g/mol. The van der Waals surface area contributed by atoms with Gasteiger partial charge in [-0.3, -0.25) is 4.79 Å². The summed E-state index contributed by atoms with van der Waals surface area (Å²) in [6.45, 7) is 2.50. The van der Waals surface area contributed by atoms with Gasteiger partial charge >= 0.3 is 0 Å². The van der Waals surface area contributed by atoms with E-state index in [1.165, 1.54) is 0 Å². The van der Waals surface area contributed by atoms with Crippen molar-refractivity contribution in [3.05, 3.63) is 28.8 Å². The number of halogens is 1. The normalized spacial score (nSPS) is 23.1. The third kappa shape index (κ3) is 2.68. The summed E-state index contributed by atoms with van der Waals surface area (Å²) in [4.78, 5) is 12.2. The lowest BCUT2D eigenvalue weighted by Gasteiger charge is -2.18. The van der Waals surface area contributed by atoms with Crippen LogP contribution in [-0.4, -0.2) is 12.5 Å². The number of benzene rings is 1. The predicted octanol–water partition coefficient (Wildman–Crippen LogP) is 2.96. The molecule has 0 heterocycles. The van der Waals surface area contributed by atoms with Gasteiger partial charge in [0.15, 0.2) is 0 Å². The van der Waals surface area contributed by atoms with Crippen molar-refractivity contribution in [1.29, 1.82) is 0 Å². The van der Waals surface area contributed by atoms with Crippen LogP contribution in [-0.2, 0) is 4.79 Å². The van der Waals surface area contributed by atoms with E-state index in [1.807, 2.05) is 25.1 Å². The number of hydrogen-bond acceptors (Lipinski definition) is 2. The summed E-state index contributed by atoms with van der Waals surface area (Å²) in [6, 6.07) is 5.55. The lowest BCUT2D eigenvalue weighted by atomic mass is 9.95. The molecule has 1 saturated carbocycles. The van der Waals surface area contributed by atoms with E-state index in [2.05, 4.69) is 5.32 Å². The average molecular weight is 267 g/mol. The van der Waals surface area contributed by atoms with Crippen LogP contribution >= 0.6 is 11.6 Å². The zero-order valence-electron chi connectivity index (χ0n) is 10.6. The Labute approximate surface area is 113 Å². The average Bonchev–Trinajstić information content (AvgIpc) is 2.83. The molecule has 4 heteroatoms. The second-order valence-electron chi connectivity index (χ2n) is 4.93. The number of carbonyl (C=O) groups excluding carboxylic acids is 1. The molecule has 0 aromatic heterocycles. The topological polar surface area (TPSA) is 55.1 Å². The van der Waals surface area contributed by atoms with Crippen LogP contribution in [0, 0.1) is 18.8 Å². The quantitative estimate of drug-likeness (QED) is 0.884. The predicted molar refractivity (Wildman–Crippen MR) is 74.7 cm³/mol. The molecule has 2 atom stereocenters. The molecule has 3 nitrogen and oxygen atoms in total. The maximum atomic E-state index is 12.2. The Bertz CT molecular complexity index is 447. The fourth-order valence-electron chi connectivity index (χ4n) is 2.63. The fraction of sp³-hybridized carbons (Fsp3) is 0.500.